The van der Waals surface area contributed by atoms with Gasteiger partial charge in [-0.1, -0.05) is 76.9 Å². The lowest BCUT2D eigenvalue weighted by molar-refractivity contribution is -0.199. The maximum Gasteiger partial charge on any atom is 0.490 e. The smallest absolute Gasteiger partial charge is 0.459 e. The zero-order chi connectivity index (χ0) is 18.8. The van der Waals surface area contributed by atoms with Gasteiger partial charge in [-0.3, -0.25) is 0 Å². The Hall–Kier alpha value is -1.00. The molecule has 0 radical (unpaired) electrons. The van der Waals surface area contributed by atoms with Crippen LogP contribution in [0.25, 0.3) is 0 Å². The Bertz CT molecular complexity index is 338. The highest BCUT2D eigenvalue weighted by molar-refractivity contribution is 5.75. The summed E-state index contributed by atoms with van der Waals surface area (Å²) in [5, 5.41) is 0. The van der Waals surface area contributed by atoms with Gasteiger partial charge in [-0.25, -0.2) is 4.79 Å². The summed E-state index contributed by atoms with van der Waals surface area (Å²) in [6, 6.07) is 0. The number of allylic oxidation sites excluding steroid dienone is 2. The molecule has 0 aromatic rings. The van der Waals surface area contributed by atoms with Crippen molar-refractivity contribution in [3.63, 3.8) is 0 Å². The Kier molecular flexibility index (Phi) is 15.8. The first-order valence-corrected chi connectivity index (χ1v) is 9.87. The summed E-state index contributed by atoms with van der Waals surface area (Å²) in [4.78, 5) is 10.5. The molecule has 0 saturated carbocycles. The van der Waals surface area contributed by atoms with E-state index in [-0.39, 0.29) is 6.61 Å². The highest BCUT2D eigenvalue weighted by Crippen LogP contribution is 2.17. The van der Waals surface area contributed by atoms with E-state index in [1.165, 1.54) is 44.9 Å². The fourth-order valence-electron chi connectivity index (χ4n) is 2.60. The molecule has 0 aromatic carbocycles. The fourth-order valence-corrected chi connectivity index (χ4v) is 2.60. The van der Waals surface area contributed by atoms with E-state index in [0.717, 1.165) is 38.5 Å². The molecule has 0 atom stereocenters. The van der Waals surface area contributed by atoms with E-state index < -0.39 is 12.1 Å². The van der Waals surface area contributed by atoms with Crippen molar-refractivity contribution in [3.05, 3.63) is 12.2 Å². The number of esters is 1. The molecule has 148 valence electrons. The number of carbonyl (C=O) groups excluding carboxylic acids is 1. The topological polar surface area (TPSA) is 26.3 Å². The summed E-state index contributed by atoms with van der Waals surface area (Å²) in [7, 11) is 0. The van der Waals surface area contributed by atoms with Crippen LogP contribution in [0.1, 0.15) is 96.8 Å². The molecule has 0 bridgehead atoms. The number of unbranched alkanes of at least 4 members (excludes halogenated alkanes) is 12. The van der Waals surface area contributed by atoms with Gasteiger partial charge in [0.15, 0.2) is 0 Å². The van der Waals surface area contributed by atoms with E-state index in [1.807, 2.05) is 0 Å². The van der Waals surface area contributed by atoms with E-state index in [9.17, 15) is 18.0 Å². The third-order valence-corrected chi connectivity index (χ3v) is 4.12. The molecule has 0 heterocycles. The van der Waals surface area contributed by atoms with Crippen molar-refractivity contribution >= 4 is 5.97 Å². The van der Waals surface area contributed by atoms with Crippen LogP contribution in [0.3, 0.4) is 0 Å². The molecule has 0 amide bonds. The first-order valence-electron chi connectivity index (χ1n) is 9.87. The Labute approximate surface area is 151 Å². The van der Waals surface area contributed by atoms with Gasteiger partial charge in [-0.05, 0) is 32.1 Å². The zero-order valence-electron chi connectivity index (χ0n) is 15.7. The van der Waals surface area contributed by atoms with Crippen LogP contribution in [-0.4, -0.2) is 18.8 Å². The Morgan fingerprint density at radius 3 is 1.68 bits per heavy atom. The van der Waals surface area contributed by atoms with Crippen molar-refractivity contribution in [2.24, 2.45) is 0 Å². The third kappa shape index (κ3) is 17.6. The van der Waals surface area contributed by atoms with E-state index in [0.29, 0.717) is 6.42 Å². The lowest BCUT2D eigenvalue weighted by Crippen LogP contribution is -2.25. The number of rotatable bonds is 16. The lowest BCUT2D eigenvalue weighted by atomic mass is 10.1. The summed E-state index contributed by atoms with van der Waals surface area (Å²) in [6.45, 7) is 2.09. The van der Waals surface area contributed by atoms with E-state index in [1.54, 1.807) is 0 Å². The maximum atomic E-state index is 11.9. The molecular weight excluding hydrogens is 329 g/mol. The number of ether oxygens (including phenoxy) is 1. The average molecular weight is 364 g/mol. The summed E-state index contributed by atoms with van der Waals surface area (Å²) < 4.78 is 39.8. The Morgan fingerprint density at radius 2 is 1.20 bits per heavy atom. The van der Waals surface area contributed by atoms with Crippen LogP contribution in [-0.2, 0) is 9.53 Å². The summed E-state index contributed by atoms with van der Waals surface area (Å²) in [6.07, 6.45) is 15.6. The second-order valence-electron chi connectivity index (χ2n) is 6.57. The van der Waals surface area contributed by atoms with Crippen molar-refractivity contribution < 1.29 is 22.7 Å². The molecule has 0 unspecified atom stereocenters. The predicted molar refractivity (Wildman–Crippen MR) is 96.5 cm³/mol. The van der Waals surface area contributed by atoms with Crippen molar-refractivity contribution in [1.82, 2.24) is 0 Å². The minimum Gasteiger partial charge on any atom is -0.459 e. The molecule has 25 heavy (non-hydrogen) atoms. The Morgan fingerprint density at radius 1 is 0.760 bits per heavy atom. The van der Waals surface area contributed by atoms with Crippen molar-refractivity contribution in [2.45, 2.75) is 103 Å². The number of hydrogen-bond donors (Lipinski definition) is 0. The van der Waals surface area contributed by atoms with Crippen molar-refractivity contribution in [2.75, 3.05) is 6.61 Å². The largest absolute Gasteiger partial charge is 0.490 e. The molecule has 0 N–H and O–H groups in total. The monoisotopic (exact) mass is 364 g/mol. The molecule has 0 spiro atoms. The Balaban J connectivity index is 3.21. The van der Waals surface area contributed by atoms with Gasteiger partial charge in [0.1, 0.15) is 0 Å². The molecule has 0 saturated heterocycles. The molecule has 0 rings (SSSR count). The van der Waals surface area contributed by atoms with Gasteiger partial charge in [0.2, 0.25) is 0 Å². The second-order valence-corrected chi connectivity index (χ2v) is 6.57. The maximum absolute atomic E-state index is 11.9. The number of hydrogen-bond acceptors (Lipinski definition) is 2. The zero-order valence-corrected chi connectivity index (χ0v) is 15.7. The number of halogens is 3. The molecule has 0 aliphatic carbocycles. The number of carbonyl (C=O) groups is 1. The predicted octanol–water partition coefficient (Wildman–Crippen LogP) is 7.13. The van der Waals surface area contributed by atoms with Crippen LogP contribution in [0.4, 0.5) is 13.2 Å². The molecule has 0 aromatic heterocycles. The van der Waals surface area contributed by atoms with Crippen LogP contribution in [0.2, 0.25) is 0 Å². The number of alkyl halides is 3. The lowest BCUT2D eigenvalue weighted by Gasteiger charge is -2.06. The first kappa shape index (κ1) is 24.0. The molecule has 0 fully saturated rings. The minimum atomic E-state index is -4.87. The fraction of sp³-hybridized carbons (Fsp3) is 0.850. The molecule has 0 aliphatic heterocycles. The van der Waals surface area contributed by atoms with E-state index in [4.69, 9.17) is 0 Å². The summed E-state index contributed by atoms with van der Waals surface area (Å²) in [5.41, 5.74) is 0. The van der Waals surface area contributed by atoms with Gasteiger partial charge in [0.05, 0.1) is 6.61 Å². The van der Waals surface area contributed by atoms with E-state index in [2.05, 4.69) is 23.8 Å². The standard InChI is InChI=1S/C20H35F3O2/c1-2-3-4-5-6-7-8-9-10-11-12-13-14-15-16-17-18-25-19(24)20(21,22)23/h9-10H,2-8,11-18H2,1H3. The molecule has 5 heteroatoms. The highest BCUT2D eigenvalue weighted by Gasteiger charge is 2.40. The van der Waals surface area contributed by atoms with Gasteiger partial charge in [0, 0.05) is 0 Å². The van der Waals surface area contributed by atoms with Gasteiger partial charge in [-0.15, -0.1) is 0 Å². The third-order valence-electron chi connectivity index (χ3n) is 4.12. The van der Waals surface area contributed by atoms with E-state index >= 15 is 0 Å². The normalized spacial score (nSPS) is 12.0. The average Bonchev–Trinajstić information content (AvgIpc) is 2.56. The van der Waals surface area contributed by atoms with Gasteiger partial charge < -0.3 is 4.74 Å². The van der Waals surface area contributed by atoms with Crippen LogP contribution >= 0.6 is 0 Å². The van der Waals surface area contributed by atoms with Crippen LogP contribution in [0.5, 0.6) is 0 Å². The van der Waals surface area contributed by atoms with Crippen LogP contribution in [0, 0.1) is 0 Å². The van der Waals surface area contributed by atoms with Crippen LogP contribution in [0.15, 0.2) is 12.2 Å². The second kappa shape index (κ2) is 16.5. The van der Waals surface area contributed by atoms with Gasteiger partial charge >= 0.3 is 12.1 Å². The first-order chi connectivity index (χ1) is 12.0. The summed E-state index contributed by atoms with van der Waals surface area (Å²) in [5.74, 6) is -2.08. The SMILES string of the molecule is CCCCCCCCC=CCCCCCCCCOC(=O)C(F)(F)F. The minimum absolute atomic E-state index is 0.139. The quantitative estimate of drug-likeness (QED) is 0.165. The highest BCUT2D eigenvalue weighted by atomic mass is 19.4. The molecule has 0 aliphatic rings. The van der Waals surface area contributed by atoms with Crippen LogP contribution < -0.4 is 0 Å². The van der Waals surface area contributed by atoms with Crippen molar-refractivity contribution in [1.29, 1.82) is 0 Å². The van der Waals surface area contributed by atoms with Crippen molar-refractivity contribution in [3.8, 4) is 0 Å². The van der Waals surface area contributed by atoms with Gasteiger partial charge in [0.25, 0.3) is 0 Å². The molecular formula is C20H35F3O2. The molecule has 2 nitrogen and oxygen atoms in total. The summed E-state index contributed by atoms with van der Waals surface area (Å²) >= 11 is 0. The van der Waals surface area contributed by atoms with Gasteiger partial charge in [-0.2, -0.15) is 13.2 Å².